The summed E-state index contributed by atoms with van der Waals surface area (Å²) in [6.45, 7) is -0.311. The average Bonchev–Trinajstić information content (AvgIpc) is 3.16. The fourth-order valence-corrected chi connectivity index (χ4v) is 3.24. The molecule has 1 saturated heterocycles. The number of anilines is 2. The molecule has 1 fully saturated rings. The van der Waals surface area contributed by atoms with Crippen molar-refractivity contribution < 1.29 is 18.8 Å². The van der Waals surface area contributed by atoms with Crippen LogP contribution in [0.2, 0.25) is 5.02 Å². The van der Waals surface area contributed by atoms with E-state index in [-0.39, 0.29) is 12.2 Å². The molecule has 2 heterocycles. The Labute approximate surface area is 163 Å². The molecule has 2 atom stereocenters. The van der Waals surface area contributed by atoms with E-state index in [0.29, 0.717) is 10.7 Å². The number of nitrogens with zero attached hydrogens (tertiary/aromatic N) is 4. The number of halogens is 2. The summed E-state index contributed by atoms with van der Waals surface area (Å²) >= 11 is 5.85. The van der Waals surface area contributed by atoms with Crippen molar-refractivity contribution in [2.45, 2.75) is 12.1 Å². The molecule has 4 rings (SSSR count). The molecule has 2 aliphatic rings. The molecule has 0 spiro atoms. The van der Waals surface area contributed by atoms with Gasteiger partial charge in [-0.05, 0) is 42.5 Å². The lowest BCUT2D eigenvalue weighted by Gasteiger charge is -2.20. The summed E-state index contributed by atoms with van der Waals surface area (Å²) in [7, 11) is 0. The van der Waals surface area contributed by atoms with Gasteiger partial charge in [0.1, 0.15) is 12.4 Å². The average molecular weight is 402 g/mol. The van der Waals surface area contributed by atoms with Crippen molar-refractivity contribution in [1.82, 2.24) is 5.01 Å². The first-order valence-corrected chi connectivity index (χ1v) is 8.68. The molecule has 0 aromatic heterocycles. The number of benzene rings is 2. The van der Waals surface area contributed by atoms with E-state index >= 15 is 0 Å². The zero-order chi connectivity index (χ0) is 19.8. The highest BCUT2D eigenvalue weighted by Crippen LogP contribution is 2.32. The van der Waals surface area contributed by atoms with E-state index in [2.05, 4.69) is 15.7 Å². The van der Waals surface area contributed by atoms with E-state index in [4.69, 9.17) is 11.6 Å². The second-order valence-electron chi connectivity index (χ2n) is 6.24. The third kappa shape index (κ3) is 3.20. The molecule has 8 nitrogen and oxygen atoms in total. The predicted molar refractivity (Wildman–Crippen MR) is 98.1 cm³/mol. The van der Waals surface area contributed by atoms with Crippen LogP contribution < -0.4 is 10.2 Å². The van der Waals surface area contributed by atoms with Gasteiger partial charge in [0.05, 0.1) is 5.69 Å². The molecule has 0 aliphatic carbocycles. The number of fused-ring (bicyclic) bond motifs is 1. The summed E-state index contributed by atoms with van der Waals surface area (Å²) in [4.78, 5) is 38.7. The minimum absolute atomic E-state index is 0.273. The Morgan fingerprint density at radius 3 is 2.61 bits per heavy atom. The first kappa shape index (κ1) is 18.1. The first-order valence-electron chi connectivity index (χ1n) is 8.30. The molecule has 3 amide bonds. The lowest BCUT2D eigenvalue weighted by atomic mass is 10.1. The van der Waals surface area contributed by atoms with Crippen molar-refractivity contribution in [3.63, 3.8) is 0 Å². The van der Waals surface area contributed by atoms with Crippen molar-refractivity contribution in [3.05, 3.63) is 59.4 Å². The highest BCUT2D eigenvalue weighted by molar-refractivity contribution is 6.31. The van der Waals surface area contributed by atoms with E-state index in [0.717, 1.165) is 9.91 Å². The second-order valence-corrected chi connectivity index (χ2v) is 6.68. The number of hydrogen-bond donors (Lipinski definition) is 1. The summed E-state index contributed by atoms with van der Waals surface area (Å²) in [6.07, 6.45) is 0. The highest BCUT2D eigenvalue weighted by atomic mass is 35.5. The monoisotopic (exact) mass is 401 g/mol. The fraction of sp³-hybridized carbons (Fsp3) is 0.167. The van der Waals surface area contributed by atoms with Crippen LogP contribution in [0.25, 0.3) is 0 Å². The molecule has 2 aromatic carbocycles. The molecule has 0 unspecified atom stereocenters. The molecule has 2 aromatic rings. The van der Waals surface area contributed by atoms with Gasteiger partial charge < -0.3 is 5.32 Å². The fourth-order valence-electron chi connectivity index (χ4n) is 3.11. The van der Waals surface area contributed by atoms with Gasteiger partial charge in [-0.2, -0.15) is 5.11 Å². The van der Waals surface area contributed by atoms with Gasteiger partial charge in [-0.15, -0.1) is 0 Å². The van der Waals surface area contributed by atoms with Gasteiger partial charge in [0.15, 0.2) is 12.1 Å². The normalized spacial score (nSPS) is 20.6. The van der Waals surface area contributed by atoms with Crippen LogP contribution in [0.15, 0.2) is 58.9 Å². The zero-order valence-electron chi connectivity index (χ0n) is 14.3. The Bertz CT molecular complexity index is 997. The van der Waals surface area contributed by atoms with Crippen LogP contribution in [0, 0.1) is 5.82 Å². The smallest absolute Gasteiger partial charge is 0.263 e. The van der Waals surface area contributed by atoms with Crippen LogP contribution in [-0.4, -0.2) is 41.4 Å². The number of amides is 3. The summed E-state index contributed by atoms with van der Waals surface area (Å²) < 4.78 is 13.2. The van der Waals surface area contributed by atoms with Gasteiger partial charge in [-0.1, -0.05) is 22.9 Å². The standard InChI is InChI=1S/C18H13ClFN5O3/c19-10-4-6-13(7-5-10)25-17(27)15-16(18(25)28)24(23-22-15)9-14(26)21-12-3-1-2-11(20)8-12/h1-8,15-16H,9H2,(H,21,26)/t15-,16-/m0/s1. The summed E-state index contributed by atoms with van der Waals surface area (Å²) in [5.41, 5.74) is 0.641. The lowest BCUT2D eigenvalue weighted by Crippen LogP contribution is -2.43. The van der Waals surface area contributed by atoms with Crippen molar-refractivity contribution in [2.75, 3.05) is 16.8 Å². The molecule has 28 heavy (non-hydrogen) atoms. The van der Waals surface area contributed by atoms with Gasteiger partial charge >= 0.3 is 0 Å². The Kier molecular flexibility index (Phi) is 4.52. The summed E-state index contributed by atoms with van der Waals surface area (Å²) in [5, 5.41) is 11.8. The zero-order valence-corrected chi connectivity index (χ0v) is 15.0. The number of carbonyl (C=O) groups excluding carboxylic acids is 3. The molecule has 0 saturated carbocycles. The van der Waals surface area contributed by atoms with Crippen LogP contribution >= 0.6 is 11.6 Å². The van der Waals surface area contributed by atoms with E-state index in [9.17, 15) is 18.8 Å². The molecular weight excluding hydrogens is 389 g/mol. The number of carbonyl (C=O) groups is 3. The third-order valence-electron chi connectivity index (χ3n) is 4.36. The number of rotatable bonds is 4. The van der Waals surface area contributed by atoms with Gasteiger partial charge in [0, 0.05) is 10.7 Å². The molecule has 142 valence electrons. The maximum absolute atomic E-state index is 13.2. The van der Waals surface area contributed by atoms with Crippen LogP contribution in [0.4, 0.5) is 15.8 Å². The Morgan fingerprint density at radius 2 is 1.89 bits per heavy atom. The van der Waals surface area contributed by atoms with Gasteiger partial charge in [-0.25, -0.2) is 9.29 Å². The van der Waals surface area contributed by atoms with Crippen LogP contribution in [-0.2, 0) is 14.4 Å². The van der Waals surface area contributed by atoms with Crippen molar-refractivity contribution in [2.24, 2.45) is 10.3 Å². The third-order valence-corrected chi connectivity index (χ3v) is 4.61. The molecule has 0 radical (unpaired) electrons. The quantitative estimate of drug-likeness (QED) is 0.796. The predicted octanol–water partition coefficient (Wildman–Crippen LogP) is 2.41. The Morgan fingerprint density at radius 1 is 1.14 bits per heavy atom. The maximum Gasteiger partial charge on any atom is 0.263 e. The molecule has 10 heteroatoms. The SMILES string of the molecule is O=C(CN1N=N[C@@H]2C(=O)N(c3ccc(Cl)cc3)C(=O)[C@H]21)Nc1cccc(F)c1. The van der Waals surface area contributed by atoms with Crippen LogP contribution in [0.3, 0.4) is 0 Å². The summed E-state index contributed by atoms with van der Waals surface area (Å²) in [6, 6.07) is 9.64. The van der Waals surface area contributed by atoms with Crippen molar-refractivity contribution in [1.29, 1.82) is 0 Å². The molecule has 1 N–H and O–H groups in total. The van der Waals surface area contributed by atoms with E-state index in [1.165, 1.54) is 24.3 Å². The Hall–Kier alpha value is -3.33. The minimum Gasteiger partial charge on any atom is -0.324 e. The van der Waals surface area contributed by atoms with Crippen LogP contribution in [0.1, 0.15) is 0 Å². The molecular formula is C18H13ClFN5O3. The number of imide groups is 1. The molecule has 0 bridgehead atoms. The number of hydrogen-bond acceptors (Lipinski definition) is 6. The summed E-state index contributed by atoms with van der Waals surface area (Å²) in [5.74, 6) is -2.06. The van der Waals surface area contributed by atoms with Gasteiger partial charge in [0.25, 0.3) is 11.8 Å². The first-order chi connectivity index (χ1) is 13.4. The Balaban J connectivity index is 1.48. The van der Waals surface area contributed by atoms with Gasteiger partial charge in [0.2, 0.25) is 5.91 Å². The van der Waals surface area contributed by atoms with E-state index in [1.807, 2.05) is 0 Å². The lowest BCUT2D eigenvalue weighted by molar-refractivity contribution is -0.123. The largest absolute Gasteiger partial charge is 0.324 e. The van der Waals surface area contributed by atoms with Crippen LogP contribution in [0.5, 0.6) is 0 Å². The van der Waals surface area contributed by atoms with E-state index < -0.39 is 35.6 Å². The molecule has 2 aliphatic heterocycles. The van der Waals surface area contributed by atoms with Gasteiger partial charge in [-0.3, -0.25) is 19.4 Å². The highest BCUT2D eigenvalue weighted by Gasteiger charge is 2.55. The second kappa shape index (κ2) is 7.01. The minimum atomic E-state index is -1.01. The maximum atomic E-state index is 13.2. The number of nitrogens with one attached hydrogen (secondary N) is 1. The topological polar surface area (TPSA) is 94.4 Å². The van der Waals surface area contributed by atoms with Crippen molar-refractivity contribution in [3.8, 4) is 0 Å². The van der Waals surface area contributed by atoms with E-state index in [1.54, 1.807) is 24.3 Å². The van der Waals surface area contributed by atoms with Crippen molar-refractivity contribution >= 4 is 40.7 Å².